The van der Waals surface area contributed by atoms with E-state index in [2.05, 4.69) is 15.3 Å². The second-order valence-corrected chi connectivity index (χ2v) is 7.27. The zero-order chi connectivity index (χ0) is 21.1. The molecular formula is C18H24F2N4O4. The molecule has 1 aromatic rings. The van der Waals surface area contributed by atoms with Crippen LogP contribution in [0.2, 0.25) is 0 Å². The van der Waals surface area contributed by atoms with Gasteiger partial charge in [0.1, 0.15) is 30.4 Å². The Morgan fingerprint density at radius 3 is 2.39 bits per heavy atom. The largest absolute Gasteiger partial charge is 0.444 e. The number of oxime groups is 1. The average Bonchev–Trinajstić information content (AvgIpc) is 2.51. The predicted molar refractivity (Wildman–Crippen MR) is 97.3 cm³/mol. The van der Waals surface area contributed by atoms with Crippen molar-refractivity contribution in [3.63, 3.8) is 0 Å². The van der Waals surface area contributed by atoms with Crippen LogP contribution in [0.25, 0.3) is 0 Å². The highest BCUT2D eigenvalue weighted by molar-refractivity contribution is 5.97. The van der Waals surface area contributed by atoms with Gasteiger partial charge in [0.15, 0.2) is 5.84 Å². The van der Waals surface area contributed by atoms with E-state index in [1.807, 2.05) is 0 Å². The maximum absolute atomic E-state index is 14.2. The zero-order valence-electron chi connectivity index (χ0n) is 16.2. The van der Waals surface area contributed by atoms with Crippen molar-refractivity contribution in [1.82, 2.24) is 10.2 Å². The van der Waals surface area contributed by atoms with Crippen LogP contribution in [-0.4, -0.2) is 48.0 Å². The number of benzene rings is 1. The molecule has 1 heterocycles. The van der Waals surface area contributed by atoms with Crippen LogP contribution in [0.3, 0.4) is 0 Å². The normalized spacial score (nSPS) is 17.0. The number of nitrogens with two attached hydrogens (primary N) is 1. The first-order valence-electron chi connectivity index (χ1n) is 8.65. The molecule has 28 heavy (non-hydrogen) atoms. The number of rotatable bonds is 5. The summed E-state index contributed by atoms with van der Waals surface area (Å²) in [5, 5.41) is 5.86. The average molecular weight is 398 g/mol. The molecule has 154 valence electrons. The van der Waals surface area contributed by atoms with E-state index in [1.165, 1.54) is 12.0 Å². The van der Waals surface area contributed by atoms with Gasteiger partial charge in [0.2, 0.25) is 5.91 Å². The maximum atomic E-state index is 14.2. The summed E-state index contributed by atoms with van der Waals surface area (Å²) < 4.78 is 33.7. The summed E-state index contributed by atoms with van der Waals surface area (Å²) in [5.41, 5.74) is 4.54. The number of likely N-dealkylation sites (tertiary alicyclic amines) is 1. The van der Waals surface area contributed by atoms with Crippen molar-refractivity contribution in [2.75, 3.05) is 13.7 Å². The molecule has 0 radical (unpaired) electrons. The van der Waals surface area contributed by atoms with Crippen LogP contribution < -0.4 is 11.1 Å². The molecule has 0 aromatic heterocycles. The quantitative estimate of drug-likeness (QED) is 0.447. The second kappa shape index (κ2) is 8.41. The molecule has 0 spiro atoms. The number of nitrogens with one attached hydrogen (secondary N) is 1. The molecule has 1 aliphatic rings. The summed E-state index contributed by atoms with van der Waals surface area (Å²) in [6.45, 7) is 5.16. The molecule has 0 aliphatic carbocycles. The molecule has 1 saturated heterocycles. The number of nitrogens with zero attached hydrogens (tertiary/aromatic N) is 2. The van der Waals surface area contributed by atoms with Gasteiger partial charge in [-0.1, -0.05) is 5.16 Å². The van der Waals surface area contributed by atoms with E-state index in [0.29, 0.717) is 13.0 Å². The predicted octanol–water partition coefficient (Wildman–Crippen LogP) is 1.86. The fraction of sp³-hybridized carbons (Fsp3) is 0.500. The third-order valence-electron chi connectivity index (χ3n) is 4.02. The van der Waals surface area contributed by atoms with Gasteiger partial charge in [0.05, 0.1) is 0 Å². The minimum Gasteiger partial charge on any atom is -0.444 e. The number of carbonyl (C=O) groups is 2. The topological polar surface area (TPSA) is 106 Å². The molecule has 3 N–H and O–H groups in total. The SMILES string of the molecule is CON=C(N)c1cc(F)c(CNC(=O)[C@H]2CCN2C(=O)OC(C)(C)C)c(F)c1. The highest BCUT2D eigenvalue weighted by Gasteiger charge is 2.39. The summed E-state index contributed by atoms with van der Waals surface area (Å²) in [6.07, 6.45) is -0.160. The van der Waals surface area contributed by atoms with Crippen molar-refractivity contribution in [3.8, 4) is 0 Å². The number of ether oxygens (including phenoxy) is 1. The number of amides is 2. The van der Waals surface area contributed by atoms with Crippen LogP contribution in [0, 0.1) is 11.6 Å². The fourth-order valence-corrected chi connectivity index (χ4v) is 2.56. The van der Waals surface area contributed by atoms with E-state index in [-0.39, 0.29) is 23.5 Å². The molecule has 1 atom stereocenters. The molecule has 0 unspecified atom stereocenters. The number of hydrogen-bond donors (Lipinski definition) is 2. The monoisotopic (exact) mass is 398 g/mol. The Bertz CT molecular complexity index is 769. The molecule has 2 rings (SSSR count). The van der Waals surface area contributed by atoms with Gasteiger partial charge in [-0.05, 0) is 39.3 Å². The molecule has 10 heteroatoms. The number of hydrogen-bond acceptors (Lipinski definition) is 5. The smallest absolute Gasteiger partial charge is 0.410 e. The second-order valence-electron chi connectivity index (χ2n) is 7.27. The van der Waals surface area contributed by atoms with Gasteiger partial charge in [-0.15, -0.1) is 0 Å². The third kappa shape index (κ3) is 5.08. The van der Waals surface area contributed by atoms with E-state index in [0.717, 1.165) is 12.1 Å². The van der Waals surface area contributed by atoms with Crippen LogP contribution in [0.4, 0.5) is 13.6 Å². The van der Waals surface area contributed by atoms with Gasteiger partial charge in [0, 0.05) is 24.2 Å². The van der Waals surface area contributed by atoms with Crippen LogP contribution >= 0.6 is 0 Å². The van der Waals surface area contributed by atoms with Crippen molar-refractivity contribution in [2.45, 2.75) is 45.4 Å². The molecule has 1 fully saturated rings. The molecule has 1 aliphatic heterocycles. The van der Waals surface area contributed by atoms with E-state index >= 15 is 0 Å². The summed E-state index contributed by atoms with van der Waals surface area (Å²) in [7, 11) is 1.25. The van der Waals surface area contributed by atoms with Gasteiger partial charge in [0.25, 0.3) is 0 Å². The summed E-state index contributed by atoms with van der Waals surface area (Å²) >= 11 is 0. The van der Waals surface area contributed by atoms with Gasteiger partial charge < -0.3 is 20.6 Å². The molecule has 8 nitrogen and oxygen atoms in total. The Hall–Kier alpha value is -2.91. The Morgan fingerprint density at radius 2 is 1.93 bits per heavy atom. The zero-order valence-corrected chi connectivity index (χ0v) is 16.2. The van der Waals surface area contributed by atoms with Crippen molar-refractivity contribution in [1.29, 1.82) is 0 Å². The minimum absolute atomic E-state index is 0.0158. The van der Waals surface area contributed by atoms with Gasteiger partial charge in [-0.3, -0.25) is 9.69 Å². The Balaban J connectivity index is 2.01. The Kier molecular flexibility index (Phi) is 6.42. The van der Waals surface area contributed by atoms with E-state index in [9.17, 15) is 18.4 Å². The third-order valence-corrected chi connectivity index (χ3v) is 4.02. The van der Waals surface area contributed by atoms with Crippen molar-refractivity contribution in [3.05, 3.63) is 34.9 Å². The highest BCUT2D eigenvalue weighted by Crippen LogP contribution is 2.22. The summed E-state index contributed by atoms with van der Waals surface area (Å²) in [5.74, 6) is -2.47. The molecule has 0 saturated carbocycles. The van der Waals surface area contributed by atoms with Crippen LogP contribution in [-0.2, 0) is 20.9 Å². The first-order chi connectivity index (χ1) is 13.0. The van der Waals surface area contributed by atoms with E-state index in [4.69, 9.17) is 10.5 Å². The van der Waals surface area contributed by atoms with Crippen LogP contribution in [0.5, 0.6) is 0 Å². The lowest BCUT2D eigenvalue weighted by molar-refractivity contribution is -0.130. The lowest BCUT2D eigenvalue weighted by Gasteiger charge is -2.40. The molecular weight excluding hydrogens is 374 g/mol. The number of halogens is 2. The highest BCUT2D eigenvalue weighted by atomic mass is 19.1. The molecule has 2 amide bonds. The van der Waals surface area contributed by atoms with Gasteiger partial charge in [-0.2, -0.15) is 0 Å². The lowest BCUT2D eigenvalue weighted by Crippen LogP contribution is -2.59. The Morgan fingerprint density at radius 1 is 1.32 bits per heavy atom. The molecule has 0 bridgehead atoms. The first kappa shape index (κ1) is 21.4. The minimum atomic E-state index is -0.887. The van der Waals surface area contributed by atoms with Gasteiger partial charge >= 0.3 is 6.09 Å². The Labute approximate surface area is 161 Å². The van der Waals surface area contributed by atoms with Gasteiger partial charge in [-0.25, -0.2) is 13.6 Å². The van der Waals surface area contributed by atoms with E-state index < -0.39 is 35.3 Å². The fourth-order valence-electron chi connectivity index (χ4n) is 2.56. The first-order valence-corrected chi connectivity index (χ1v) is 8.65. The summed E-state index contributed by atoms with van der Waals surface area (Å²) in [6, 6.07) is 1.27. The number of carbonyl (C=O) groups excluding carboxylic acids is 2. The van der Waals surface area contributed by atoms with Crippen LogP contribution in [0.15, 0.2) is 17.3 Å². The number of amidine groups is 1. The van der Waals surface area contributed by atoms with E-state index in [1.54, 1.807) is 20.8 Å². The maximum Gasteiger partial charge on any atom is 0.410 e. The van der Waals surface area contributed by atoms with Crippen LogP contribution in [0.1, 0.15) is 38.3 Å². The van der Waals surface area contributed by atoms with Crippen molar-refractivity contribution in [2.24, 2.45) is 10.9 Å². The lowest BCUT2D eigenvalue weighted by atomic mass is 10.0. The van der Waals surface area contributed by atoms with Crippen molar-refractivity contribution >= 4 is 17.8 Å². The molecule has 1 aromatic carbocycles. The standard InChI is InChI=1S/C18H24F2N4O4/c1-18(2,3)28-17(26)24-6-5-14(24)16(25)22-9-11-12(19)7-10(8-13(11)20)15(21)23-27-4/h7-8,14H,5-6,9H2,1-4H3,(H2,21,23)(H,22,25)/t14-/m1/s1. The summed E-state index contributed by atoms with van der Waals surface area (Å²) in [4.78, 5) is 30.1. The van der Waals surface area contributed by atoms with Crippen molar-refractivity contribution < 1.29 is 27.9 Å².